The van der Waals surface area contributed by atoms with Gasteiger partial charge in [-0.2, -0.15) is 0 Å². The minimum absolute atomic E-state index is 0.175. The van der Waals surface area contributed by atoms with E-state index in [4.69, 9.17) is 51.5 Å². The topological polar surface area (TPSA) is 122 Å². The Morgan fingerprint density at radius 1 is 0.587 bits per heavy atom. The number of hydrogen-bond donors (Lipinski definition) is 1. The predicted molar refractivity (Wildman–Crippen MR) is 298 cm³/mol. The van der Waals surface area contributed by atoms with E-state index in [1.807, 2.05) is 113 Å². The van der Waals surface area contributed by atoms with E-state index in [0.29, 0.717) is 19.8 Å². The van der Waals surface area contributed by atoms with Gasteiger partial charge < -0.3 is 56.6 Å². The van der Waals surface area contributed by atoms with Crippen molar-refractivity contribution in [3.63, 3.8) is 0 Å². The normalized spacial score (nSPS) is 26.5. The summed E-state index contributed by atoms with van der Waals surface area (Å²) in [5, 5.41) is 12.9. The van der Waals surface area contributed by atoms with Crippen molar-refractivity contribution in [1.82, 2.24) is 0 Å². The first-order chi connectivity index (χ1) is 35.3. The highest BCUT2D eigenvalue weighted by Crippen LogP contribution is 2.46. The van der Waals surface area contributed by atoms with Gasteiger partial charge in [-0.15, -0.1) is 0 Å². The van der Waals surface area contributed by atoms with Crippen molar-refractivity contribution in [3.05, 3.63) is 144 Å². The lowest BCUT2D eigenvalue weighted by Gasteiger charge is -2.48. The number of aliphatic hydroxyl groups is 1. The molecule has 3 heterocycles. The summed E-state index contributed by atoms with van der Waals surface area (Å²) in [5.41, 5.74) is 4.05. The Morgan fingerprint density at radius 2 is 1.05 bits per heavy atom. The van der Waals surface area contributed by atoms with Gasteiger partial charge in [0, 0.05) is 12.3 Å². The fourth-order valence-corrected chi connectivity index (χ4v) is 12.4. The van der Waals surface area contributed by atoms with Crippen LogP contribution >= 0.6 is 0 Å². The van der Waals surface area contributed by atoms with E-state index in [-0.39, 0.29) is 42.7 Å². The molecule has 4 aromatic rings. The van der Waals surface area contributed by atoms with Crippen LogP contribution in [-0.4, -0.2) is 108 Å². The minimum atomic E-state index is -2.60. The second-order valence-electron chi connectivity index (χ2n) is 24.8. The molecule has 0 spiro atoms. The van der Waals surface area contributed by atoms with Crippen LogP contribution in [0, 0.1) is 5.92 Å². The van der Waals surface area contributed by atoms with Gasteiger partial charge in [-0.05, 0) is 92.6 Å². The Kier molecular flexibility index (Phi) is 20.1. The second-order valence-corrected chi connectivity index (χ2v) is 34.4. The lowest BCUT2D eigenvalue weighted by atomic mass is 9.82. The fourth-order valence-electron chi connectivity index (χ4n) is 9.71. The highest BCUT2D eigenvalue weighted by molar-refractivity contribution is 6.74. The van der Waals surface area contributed by atoms with Crippen molar-refractivity contribution in [2.24, 2.45) is 5.92 Å². The molecule has 0 amide bonds. The van der Waals surface area contributed by atoms with E-state index >= 15 is 0 Å². The van der Waals surface area contributed by atoms with E-state index in [1.165, 1.54) is 0 Å². The maximum Gasteiger partial charge on any atom is 0.192 e. The molecule has 0 saturated carbocycles. The molecule has 3 aliphatic heterocycles. The summed E-state index contributed by atoms with van der Waals surface area (Å²) in [5.74, 6) is -2.24. The molecule has 3 saturated heterocycles. The molecule has 11 atom stereocenters. The van der Waals surface area contributed by atoms with Crippen molar-refractivity contribution in [2.45, 2.75) is 218 Å². The van der Waals surface area contributed by atoms with E-state index in [9.17, 15) is 5.11 Å². The molecule has 0 bridgehead atoms. The average molecular weight is 1070 g/mol. The van der Waals surface area contributed by atoms with Gasteiger partial charge in [0.25, 0.3) is 0 Å². The minimum Gasteiger partial charge on any atom is -0.411 e. The number of rotatable bonds is 24. The summed E-state index contributed by atoms with van der Waals surface area (Å²) in [6.07, 6.45) is -6.18. The van der Waals surface area contributed by atoms with Crippen molar-refractivity contribution in [2.75, 3.05) is 13.2 Å². The standard InChI is InChI=1S/C61H90O12Si2/c1-58(2,3)74(11,12)72-49(55(73-75(13,14)59(4,5)6)56-54(70-61(9,10)71-56)51-42-67-60(7,8)69-51)36-47(62)35-48-52(64-38-44-29-21-16-22-30-44)50(41-63-37-43-27-19-15-20-28-43)68-57(66-40-46-33-25-18-26-34-46)53(48)65-39-45-31-23-17-24-32-45/h15-34,47-57,62H,35-42H2,1-14H3/t47-,48+,49+,50-,51-,52-,53-,54-,55+,56+,57-/m1/s1. The summed E-state index contributed by atoms with van der Waals surface area (Å²) in [4.78, 5) is 0. The van der Waals surface area contributed by atoms with Gasteiger partial charge >= 0.3 is 0 Å². The molecule has 0 aromatic heterocycles. The van der Waals surface area contributed by atoms with Crippen LogP contribution in [0.5, 0.6) is 0 Å². The molecule has 1 N–H and O–H groups in total. The number of aliphatic hydroxyl groups excluding tert-OH is 1. The first kappa shape index (κ1) is 59.5. The molecule has 4 aromatic carbocycles. The van der Waals surface area contributed by atoms with Crippen LogP contribution in [0.25, 0.3) is 0 Å². The van der Waals surface area contributed by atoms with Gasteiger partial charge in [0.05, 0.1) is 64.1 Å². The number of hydrogen-bond acceptors (Lipinski definition) is 12. The molecule has 7 rings (SSSR count). The van der Waals surface area contributed by atoms with E-state index in [1.54, 1.807) is 0 Å². The molecule has 0 radical (unpaired) electrons. The monoisotopic (exact) mass is 1070 g/mol. The maximum atomic E-state index is 13.2. The van der Waals surface area contributed by atoms with Crippen LogP contribution in [0.4, 0.5) is 0 Å². The SMILES string of the molecule is CC1(C)O[C@H]([C@@H](O[Si](C)(C)C(C)(C)C)[C@H](C[C@H](O)C[C@H]2[C@@H](OCc3ccccc3)[C@@H](COCc3ccccc3)O[C@@H](OCc3ccccc3)[C@@H]2OCc2ccccc2)O[Si](C)(C)C(C)(C)C)[C@@H]([C@H]2COC(C)(C)O2)O1. The van der Waals surface area contributed by atoms with Gasteiger partial charge in [0.15, 0.2) is 34.5 Å². The van der Waals surface area contributed by atoms with Crippen molar-refractivity contribution in [3.8, 4) is 0 Å². The van der Waals surface area contributed by atoms with Gasteiger partial charge in [-0.25, -0.2) is 0 Å². The molecular formula is C61H90O12Si2. The van der Waals surface area contributed by atoms with Crippen LogP contribution in [0.15, 0.2) is 121 Å². The summed E-state index contributed by atoms with van der Waals surface area (Å²) in [6, 6.07) is 40.5. The summed E-state index contributed by atoms with van der Waals surface area (Å²) < 4.78 is 76.5. The van der Waals surface area contributed by atoms with Crippen LogP contribution in [0.3, 0.4) is 0 Å². The highest BCUT2D eigenvalue weighted by Gasteiger charge is 2.57. The smallest absolute Gasteiger partial charge is 0.192 e. The van der Waals surface area contributed by atoms with Gasteiger partial charge in [0.2, 0.25) is 0 Å². The fraction of sp³-hybridized carbons (Fsp3) is 0.607. The Balaban J connectivity index is 1.31. The van der Waals surface area contributed by atoms with E-state index in [2.05, 4.69) is 104 Å². The van der Waals surface area contributed by atoms with Crippen LogP contribution < -0.4 is 0 Å². The molecule has 414 valence electrons. The van der Waals surface area contributed by atoms with Crippen LogP contribution in [0.2, 0.25) is 36.3 Å². The number of benzene rings is 4. The number of ether oxygens (including phenoxy) is 9. The van der Waals surface area contributed by atoms with Crippen molar-refractivity contribution < 1.29 is 56.6 Å². The Bertz CT molecular complexity index is 2310. The van der Waals surface area contributed by atoms with E-state index < -0.39 is 95.4 Å². The molecular weight excluding hydrogens is 981 g/mol. The first-order valence-corrected chi connectivity index (χ1v) is 33.1. The third-order valence-corrected chi connectivity index (χ3v) is 24.8. The summed E-state index contributed by atoms with van der Waals surface area (Å²) >= 11 is 0. The third-order valence-electron chi connectivity index (χ3n) is 15.8. The zero-order valence-electron chi connectivity index (χ0n) is 47.5. The van der Waals surface area contributed by atoms with Gasteiger partial charge in [0.1, 0.15) is 30.5 Å². The zero-order chi connectivity index (χ0) is 54.2. The van der Waals surface area contributed by atoms with Gasteiger partial charge in [-0.1, -0.05) is 163 Å². The Labute approximate surface area is 451 Å². The largest absolute Gasteiger partial charge is 0.411 e. The molecule has 12 nitrogen and oxygen atoms in total. The lowest BCUT2D eigenvalue weighted by Crippen LogP contribution is -2.60. The Morgan fingerprint density at radius 3 is 1.53 bits per heavy atom. The summed E-state index contributed by atoms with van der Waals surface area (Å²) in [6.45, 7) is 32.0. The van der Waals surface area contributed by atoms with Crippen molar-refractivity contribution >= 4 is 16.6 Å². The molecule has 14 heteroatoms. The molecule has 3 fully saturated rings. The van der Waals surface area contributed by atoms with Crippen LogP contribution in [0.1, 0.15) is 104 Å². The molecule has 3 aliphatic rings. The molecule has 0 aliphatic carbocycles. The third kappa shape index (κ3) is 16.5. The highest BCUT2D eigenvalue weighted by atomic mass is 28.4. The predicted octanol–water partition coefficient (Wildman–Crippen LogP) is 12.5. The maximum absolute atomic E-state index is 13.2. The average Bonchev–Trinajstić information content (AvgIpc) is 3.89. The lowest BCUT2D eigenvalue weighted by molar-refractivity contribution is -0.315. The summed E-state index contributed by atoms with van der Waals surface area (Å²) in [7, 11) is -5.20. The first-order valence-electron chi connectivity index (χ1n) is 27.2. The van der Waals surface area contributed by atoms with Gasteiger partial charge in [-0.3, -0.25) is 0 Å². The Hall–Kier alpha value is -3.17. The molecule has 0 unspecified atom stereocenters. The van der Waals surface area contributed by atoms with E-state index in [0.717, 1.165) is 22.3 Å². The quantitative estimate of drug-likeness (QED) is 0.0672. The van der Waals surface area contributed by atoms with Crippen molar-refractivity contribution in [1.29, 1.82) is 0 Å². The van der Waals surface area contributed by atoms with Crippen LogP contribution in [-0.2, 0) is 77.9 Å². The second kappa shape index (κ2) is 25.3. The zero-order valence-corrected chi connectivity index (χ0v) is 49.5. The molecule has 75 heavy (non-hydrogen) atoms.